The molecule has 2 aromatic rings. The Hall–Kier alpha value is -1.97. The minimum absolute atomic E-state index is 0.130. The van der Waals surface area contributed by atoms with E-state index in [1.165, 1.54) is 6.07 Å². The SMILES string of the molecule is CC.Cc1c[nH]c2ccc(O)c(O)c2c1=O. The van der Waals surface area contributed by atoms with Crippen LogP contribution in [0.1, 0.15) is 19.4 Å². The normalized spacial score (nSPS) is 9.69. The van der Waals surface area contributed by atoms with Crippen LogP contribution in [0.25, 0.3) is 10.9 Å². The van der Waals surface area contributed by atoms with Crippen LogP contribution in [-0.4, -0.2) is 15.2 Å². The highest BCUT2D eigenvalue weighted by Gasteiger charge is 2.09. The number of H-pyrrole nitrogens is 1. The highest BCUT2D eigenvalue weighted by molar-refractivity contribution is 5.87. The molecule has 4 heteroatoms. The minimum Gasteiger partial charge on any atom is -0.504 e. The molecule has 0 saturated heterocycles. The summed E-state index contributed by atoms with van der Waals surface area (Å²) in [6, 6.07) is 2.88. The van der Waals surface area contributed by atoms with Crippen molar-refractivity contribution < 1.29 is 10.2 Å². The number of pyridine rings is 1. The van der Waals surface area contributed by atoms with Crippen LogP contribution in [0.5, 0.6) is 11.5 Å². The second-order valence-corrected chi connectivity index (χ2v) is 3.16. The number of aryl methyl sites for hydroxylation is 1. The highest BCUT2D eigenvalue weighted by atomic mass is 16.3. The van der Waals surface area contributed by atoms with Crippen LogP contribution < -0.4 is 5.43 Å². The van der Waals surface area contributed by atoms with Crippen molar-refractivity contribution in [2.24, 2.45) is 0 Å². The lowest BCUT2D eigenvalue weighted by Gasteiger charge is -2.03. The van der Waals surface area contributed by atoms with Gasteiger partial charge in [0.05, 0.1) is 10.9 Å². The summed E-state index contributed by atoms with van der Waals surface area (Å²) in [6.45, 7) is 5.64. The number of phenolic OH excluding ortho intramolecular Hbond substituents is 2. The second-order valence-electron chi connectivity index (χ2n) is 3.16. The lowest BCUT2D eigenvalue weighted by molar-refractivity contribution is 0.408. The number of benzene rings is 1. The molecule has 0 radical (unpaired) electrons. The van der Waals surface area contributed by atoms with Gasteiger partial charge in [-0.05, 0) is 19.1 Å². The average Bonchev–Trinajstić information content (AvgIpc) is 2.31. The summed E-state index contributed by atoms with van der Waals surface area (Å²) in [5.41, 5.74) is 0.737. The molecule has 1 aromatic heterocycles. The van der Waals surface area contributed by atoms with Crippen molar-refractivity contribution in [3.63, 3.8) is 0 Å². The van der Waals surface area contributed by atoms with Gasteiger partial charge >= 0.3 is 0 Å². The van der Waals surface area contributed by atoms with Crippen LogP contribution in [-0.2, 0) is 0 Å². The monoisotopic (exact) mass is 221 g/mol. The van der Waals surface area contributed by atoms with Crippen LogP contribution in [0.2, 0.25) is 0 Å². The molecule has 0 amide bonds. The molecule has 86 valence electrons. The Balaban J connectivity index is 0.000000606. The predicted octanol–water partition coefficient (Wildman–Crippen LogP) is 2.27. The third-order valence-electron chi connectivity index (χ3n) is 2.19. The first-order chi connectivity index (χ1) is 7.61. The van der Waals surface area contributed by atoms with Crippen LogP contribution in [0.4, 0.5) is 0 Å². The zero-order valence-electron chi connectivity index (χ0n) is 9.53. The summed E-state index contributed by atoms with van der Waals surface area (Å²) >= 11 is 0. The zero-order valence-corrected chi connectivity index (χ0v) is 9.53. The van der Waals surface area contributed by atoms with E-state index in [4.69, 9.17) is 0 Å². The molecular formula is C12H15NO3. The molecule has 0 aliphatic carbocycles. The van der Waals surface area contributed by atoms with Gasteiger partial charge in [0.25, 0.3) is 0 Å². The molecule has 1 heterocycles. The fraction of sp³-hybridized carbons (Fsp3) is 0.250. The van der Waals surface area contributed by atoms with Gasteiger partial charge < -0.3 is 15.2 Å². The zero-order chi connectivity index (χ0) is 12.3. The molecule has 0 aliphatic heterocycles. The first-order valence-corrected chi connectivity index (χ1v) is 5.14. The highest BCUT2D eigenvalue weighted by Crippen LogP contribution is 2.30. The summed E-state index contributed by atoms with van der Waals surface area (Å²) in [6.07, 6.45) is 1.57. The van der Waals surface area contributed by atoms with E-state index in [1.807, 2.05) is 13.8 Å². The smallest absolute Gasteiger partial charge is 0.196 e. The Labute approximate surface area is 93.2 Å². The number of nitrogens with one attached hydrogen (secondary N) is 1. The molecule has 3 N–H and O–H groups in total. The van der Waals surface area contributed by atoms with Gasteiger partial charge in [0.2, 0.25) is 0 Å². The summed E-state index contributed by atoms with van der Waals surface area (Å²) in [7, 11) is 0. The minimum atomic E-state index is -0.368. The van der Waals surface area contributed by atoms with E-state index in [2.05, 4.69) is 4.98 Å². The van der Waals surface area contributed by atoms with Crippen molar-refractivity contribution in [1.82, 2.24) is 4.98 Å². The Morgan fingerprint density at radius 1 is 1.19 bits per heavy atom. The number of fused-ring (bicyclic) bond motifs is 1. The Kier molecular flexibility index (Phi) is 3.55. The van der Waals surface area contributed by atoms with Crippen LogP contribution >= 0.6 is 0 Å². The molecular weight excluding hydrogens is 206 g/mol. The van der Waals surface area contributed by atoms with Crippen molar-refractivity contribution >= 4 is 10.9 Å². The molecule has 0 atom stereocenters. The Morgan fingerprint density at radius 3 is 2.44 bits per heavy atom. The maximum Gasteiger partial charge on any atom is 0.196 e. The molecule has 16 heavy (non-hydrogen) atoms. The van der Waals surface area contributed by atoms with E-state index in [1.54, 1.807) is 19.2 Å². The third-order valence-corrected chi connectivity index (χ3v) is 2.19. The number of aromatic nitrogens is 1. The molecule has 0 spiro atoms. The summed E-state index contributed by atoms with van der Waals surface area (Å²) in [5.74, 6) is -0.652. The van der Waals surface area contributed by atoms with Gasteiger partial charge in [-0.3, -0.25) is 4.79 Å². The number of phenols is 2. The molecule has 1 aromatic carbocycles. The molecule has 0 aliphatic rings. The topological polar surface area (TPSA) is 73.3 Å². The van der Waals surface area contributed by atoms with Gasteiger partial charge in [-0.25, -0.2) is 0 Å². The van der Waals surface area contributed by atoms with E-state index in [-0.39, 0.29) is 22.3 Å². The first kappa shape index (κ1) is 12.1. The third kappa shape index (κ3) is 1.86. The molecule has 0 bridgehead atoms. The standard InChI is InChI=1S/C10H9NO3.C2H6/c1-5-4-11-6-2-3-7(12)10(14)8(6)9(5)13;1-2/h2-4,12,14H,1H3,(H,11,13);1-2H3. The number of rotatable bonds is 0. The number of aromatic hydroxyl groups is 2. The maximum absolute atomic E-state index is 11.6. The first-order valence-electron chi connectivity index (χ1n) is 5.14. The van der Waals surface area contributed by atoms with E-state index in [0.29, 0.717) is 11.1 Å². The predicted molar refractivity (Wildman–Crippen MR) is 64.0 cm³/mol. The van der Waals surface area contributed by atoms with Crippen LogP contribution in [0.3, 0.4) is 0 Å². The lowest BCUT2D eigenvalue weighted by Crippen LogP contribution is -2.06. The van der Waals surface area contributed by atoms with Crippen molar-refractivity contribution in [3.8, 4) is 11.5 Å². The van der Waals surface area contributed by atoms with Gasteiger partial charge in [0.15, 0.2) is 16.9 Å². The van der Waals surface area contributed by atoms with Crippen molar-refractivity contribution in [2.45, 2.75) is 20.8 Å². The van der Waals surface area contributed by atoms with E-state index < -0.39 is 0 Å². The van der Waals surface area contributed by atoms with E-state index in [9.17, 15) is 15.0 Å². The lowest BCUT2D eigenvalue weighted by atomic mass is 10.1. The van der Waals surface area contributed by atoms with E-state index >= 15 is 0 Å². The quantitative estimate of drug-likeness (QED) is 0.597. The average molecular weight is 221 g/mol. The fourth-order valence-electron chi connectivity index (χ4n) is 1.38. The number of hydrogen-bond acceptors (Lipinski definition) is 3. The van der Waals surface area contributed by atoms with Crippen LogP contribution in [0.15, 0.2) is 23.1 Å². The molecule has 4 nitrogen and oxygen atoms in total. The van der Waals surface area contributed by atoms with Crippen molar-refractivity contribution in [3.05, 3.63) is 34.1 Å². The second kappa shape index (κ2) is 4.70. The molecule has 0 unspecified atom stereocenters. The van der Waals surface area contributed by atoms with Gasteiger partial charge in [-0.15, -0.1) is 0 Å². The Bertz CT molecular complexity index is 553. The fourth-order valence-corrected chi connectivity index (χ4v) is 1.38. The van der Waals surface area contributed by atoms with Crippen molar-refractivity contribution in [2.75, 3.05) is 0 Å². The number of hydrogen-bond donors (Lipinski definition) is 3. The van der Waals surface area contributed by atoms with Crippen LogP contribution in [0, 0.1) is 6.92 Å². The summed E-state index contributed by atoms with van der Waals surface area (Å²) in [4.78, 5) is 14.5. The largest absolute Gasteiger partial charge is 0.504 e. The number of aromatic amines is 1. The summed E-state index contributed by atoms with van der Waals surface area (Å²) < 4.78 is 0. The van der Waals surface area contributed by atoms with Gasteiger partial charge in [0, 0.05) is 11.8 Å². The van der Waals surface area contributed by atoms with Gasteiger partial charge in [0.1, 0.15) is 0 Å². The molecule has 0 saturated carbocycles. The maximum atomic E-state index is 11.6. The molecule has 2 rings (SSSR count). The Morgan fingerprint density at radius 2 is 1.81 bits per heavy atom. The summed E-state index contributed by atoms with van der Waals surface area (Å²) in [5, 5.41) is 18.9. The van der Waals surface area contributed by atoms with Gasteiger partial charge in [-0.2, -0.15) is 0 Å². The van der Waals surface area contributed by atoms with Gasteiger partial charge in [-0.1, -0.05) is 13.8 Å². The van der Waals surface area contributed by atoms with Crippen molar-refractivity contribution in [1.29, 1.82) is 0 Å². The molecule has 0 fully saturated rings. The van der Waals surface area contributed by atoms with E-state index in [0.717, 1.165) is 0 Å².